The molecule has 0 bridgehead atoms. The Morgan fingerprint density at radius 3 is 2.71 bits per heavy atom. The highest BCUT2D eigenvalue weighted by Gasteiger charge is 2.28. The van der Waals surface area contributed by atoms with Crippen molar-refractivity contribution in [1.82, 2.24) is 9.88 Å². The molecule has 2 amide bonds. The highest BCUT2D eigenvalue weighted by Crippen LogP contribution is 2.31. The van der Waals surface area contributed by atoms with Crippen molar-refractivity contribution in [3.63, 3.8) is 0 Å². The van der Waals surface area contributed by atoms with Crippen molar-refractivity contribution >= 4 is 57.2 Å². The molecule has 0 radical (unpaired) electrons. The topological polar surface area (TPSA) is 60.2 Å². The number of nitrogens with zero attached hydrogens (tertiary/aromatic N) is 1. The summed E-state index contributed by atoms with van der Waals surface area (Å²) in [5, 5.41) is 6.62. The van der Waals surface area contributed by atoms with Crippen LogP contribution in [-0.4, -0.2) is 46.8 Å². The maximum Gasteiger partial charge on any atom is 0.441 e. The first-order chi connectivity index (χ1) is 16.2. The van der Waals surface area contributed by atoms with E-state index in [1.165, 1.54) is 6.07 Å². The fourth-order valence-corrected chi connectivity index (χ4v) is 4.54. The van der Waals surface area contributed by atoms with Crippen molar-refractivity contribution in [3.05, 3.63) is 65.1 Å². The van der Waals surface area contributed by atoms with Crippen molar-refractivity contribution in [1.29, 1.82) is 0 Å². The van der Waals surface area contributed by atoms with E-state index >= 15 is 0 Å². The number of hydrogen-bond acceptors (Lipinski definition) is 3. The Morgan fingerprint density at radius 1 is 1.18 bits per heavy atom. The summed E-state index contributed by atoms with van der Waals surface area (Å²) >= 11 is 5.99. The highest BCUT2D eigenvalue weighted by atomic mass is 35.5. The van der Waals surface area contributed by atoms with E-state index in [1.807, 2.05) is 11.0 Å². The van der Waals surface area contributed by atoms with Gasteiger partial charge in [0.2, 0.25) is 0 Å². The molecule has 5 nitrogen and oxygen atoms in total. The zero-order valence-corrected chi connectivity index (χ0v) is 19.4. The number of nitrogens with one attached hydrogen (secondary N) is 3. The second kappa shape index (κ2) is 10.3. The lowest BCUT2D eigenvalue weighted by Crippen LogP contribution is -2.31. The number of urea groups is 1. The number of carbonyl (C=O) groups excluding carboxylic acids is 1. The predicted octanol–water partition coefficient (Wildman–Crippen LogP) is 6.95. The van der Waals surface area contributed by atoms with E-state index in [0.29, 0.717) is 48.0 Å². The average molecular weight is 513 g/mol. The molecule has 0 atom stereocenters. The summed E-state index contributed by atoms with van der Waals surface area (Å²) in [5.41, 5.74) is -1.37. The Hall–Kier alpha value is -2.69. The van der Waals surface area contributed by atoms with E-state index < -0.39 is 17.4 Å². The van der Waals surface area contributed by atoms with Crippen LogP contribution in [0.4, 0.5) is 33.7 Å². The van der Waals surface area contributed by atoms with E-state index in [1.54, 1.807) is 36.5 Å². The summed E-state index contributed by atoms with van der Waals surface area (Å²) in [6, 6.07) is 9.18. The number of halogens is 5. The molecule has 0 saturated carbocycles. The first-order valence-corrected chi connectivity index (χ1v) is 11.8. The third kappa shape index (κ3) is 6.25. The van der Waals surface area contributed by atoms with Crippen LogP contribution in [0.2, 0.25) is 5.02 Å². The van der Waals surface area contributed by atoms with Gasteiger partial charge in [0.25, 0.3) is 0 Å². The number of thioether (sulfide) groups is 1. The van der Waals surface area contributed by atoms with Gasteiger partial charge in [-0.3, -0.25) is 4.90 Å². The SMILES string of the molecule is O=C(Nc1ccc(C2=CCN(CCSC(F)(F)F)CC2)c(F)c1)Nc1c[nH]c2ccc(Cl)cc12. The standard InChI is InChI=1S/C23H21ClF4N4OS/c24-15-1-4-20-18(11-15)21(13-29-20)31-22(33)30-16-2-3-17(19(25)12-16)14-5-7-32(8-6-14)9-10-34-23(26,27)28/h1-5,11-13,29H,6-10H2,(H2,30,31,33). The molecule has 0 fully saturated rings. The van der Waals surface area contributed by atoms with Crippen LogP contribution < -0.4 is 10.6 Å². The van der Waals surface area contributed by atoms with Gasteiger partial charge in [-0.2, -0.15) is 13.2 Å². The van der Waals surface area contributed by atoms with Crippen molar-refractivity contribution in [3.8, 4) is 0 Å². The van der Waals surface area contributed by atoms with E-state index in [9.17, 15) is 22.4 Å². The number of anilines is 2. The molecule has 1 aromatic heterocycles. The van der Waals surface area contributed by atoms with Crippen LogP contribution in [0, 0.1) is 5.82 Å². The predicted molar refractivity (Wildman–Crippen MR) is 130 cm³/mol. The maximum absolute atomic E-state index is 14.8. The summed E-state index contributed by atoms with van der Waals surface area (Å²) in [7, 11) is 0. The zero-order chi connectivity index (χ0) is 24.3. The van der Waals surface area contributed by atoms with Gasteiger partial charge in [0.05, 0.1) is 5.69 Å². The van der Waals surface area contributed by atoms with Crippen LogP contribution in [0.25, 0.3) is 16.5 Å². The summed E-state index contributed by atoms with van der Waals surface area (Å²) in [6.45, 7) is 1.34. The average Bonchev–Trinajstić information content (AvgIpc) is 3.15. The molecule has 0 spiro atoms. The van der Waals surface area contributed by atoms with Crippen LogP contribution in [0.1, 0.15) is 12.0 Å². The molecule has 180 valence electrons. The molecule has 34 heavy (non-hydrogen) atoms. The number of carbonyl (C=O) groups is 1. The molecular formula is C23H21ClF4N4OS. The number of alkyl halides is 3. The minimum absolute atomic E-state index is 0.0327. The second-order valence-electron chi connectivity index (χ2n) is 7.74. The van der Waals surface area contributed by atoms with Crippen molar-refractivity contribution < 1.29 is 22.4 Å². The fraction of sp³-hybridized carbons (Fsp3) is 0.261. The van der Waals surface area contributed by atoms with E-state index in [0.717, 1.165) is 16.5 Å². The Kier molecular flexibility index (Phi) is 7.39. The quantitative estimate of drug-likeness (QED) is 0.313. The Morgan fingerprint density at radius 2 is 2.00 bits per heavy atom. The molecule has 4 rings (SSSR count). The lowest BCUT2D eigenvalue weighted by atomic mass is 9.98. The number of rotatable bonds is 6. The molecule has 0 aliphatic carbocycles. The molecule has 0 unspecified atom stereocenters. The fourth-order valence-electron chi connectivity index (χ4n) is 3.78. The van der Waals surface area contributed by atoms with Crippen LogP contribution in [0.3, 0.4) is 0 Å². The second-order valence-corrected chi connectivity index (χ2v) is 9.34. The van der Waals surface area contributed by atoms with Crippen molar-refractivity contribution in [2.24, 2.45) is 0 Å². The van der Waals surface area contributed by atoms with Gasteiger partial charge < -0.3 is 15.6 Å². The third-order valence-corrected chi connectivity index (χ3v) is 6.38. The molecule has 11 heteroatoms. The molecule has 1 aliphatic rings. The van der Waals surface area contributed by atoms with Gasteiger partial charge in [0.15, 0.2) is 0 Å². The van der Waals surface area contributed by atoms with Crippen LogP contribution in [-0.2, 0) is 0 Å². The van der Waals surface area contributed by atoms with Crippen LogP contribution >= 0.6 is 23.4 Å². The van der Waals surface area contributed by atoms with Crippen molar-refractivity contribution in [2.75, 3.05) is 36.0 Å². The Bertz CT molecular complexity index is 1230. The van der Waals surface area contributed by atoms with Gasteiger partial charge in [-0.1, -0.05) is 17.7 Å². The normalized spacial score (nSPS) is 14.8. The van der Waals surface area contributed by atoms with E-state index in [2.05, 4.69) is 15.6 Å². The molecule has 2 heterocycles. The maximum atomic E-state index is 14.8. The third-order valence-electron chi connectivity index (χ3n) is 5.43. The lowest BCUT2D eigenvalue weighted by Gasteiger charge is -2.26. The summed E-state index contributed by atoms with van der Waals surface area (Å²) < 4.78 is 51.6. The molecule has 1 aliphatic heterocycles. The van der Waals surface area contributed by atoms with E-state index in [-0.39, 0.29) is 17.5 Å². The monoisotopic (exact) mass is 512 g/mol. The van der Waals surface area contributed by atoms with Gasteiger partial charge in [0, 0.05) is 58.8 Å². The number of hydrogen-bond donors (Lipinski definition) is 3. The van der Waals surface area contributed by atoms with Crippen LogP contribution in [0.5, 0.6) is 0 Å². The molecule has 2 aromatic carbocycles. The number of amides is 2. The zero-order valence-electron chi connectivity index (χ0n) is 17.8. The smallest absolute Gasteiger partial charge is 0.359 e. The number of aromatic amines is 1. The van der Waals surface area contributed by atoms with Gasteiger partial charge in [-0.25, -0.2) is 9.18 Å². The minimum Gasteiger partial charge on any atom is -0.359 e. The van der Waals surface area contributed by atoms with Gasteiger partial charge >= 0.3 is 11.5 Å². The first kappa shape index (κ1) is 24.4. The highest BCUT2D eigenvalue weighted by molar-refractivity contribution is 8.00. The molecule has 3 N–H and O–H groups in total. The van der Waals surface area contributed by atoms with Gasteiger partial charge in [0.1, 0.15) is 5.82 Å². The van der Waals surface area contributed by atoms with Crippen LogP contribution in [0.15, 0.2) is 48.7 Å². The first-order valence-electron chi connectivity index (χ1n) is 10.4. The lowest BCUT2D eigenvalue weighted by molar-refractivity contribution is -0.0328. The summed E-state index contributed by atoms with van der Waals surface area (Å²) in [6.07, 6.45) is 4.01. The molecule has 0 saturated heterocycles. The minimum atomic E-state index is -4.23. The van der Waals surface area contributed by atoms with Gasteiger partial charge in [-0.05, 0) is 60.2 Å². The van der Waals surface area contributed by atoms with E-state index in [4.69, 9.17) is 11.6 Å². The molecular weight excluding hydrogens is 492 g/mol. The number of H-pyrrole nitrogens is 1. The largest absolute Gasteiger partial charge is 0.441 e. The molecule has 3 aromatic rings. The Labute approximate surface area is 202 Å². The van der Waals surface area contributed by atoms with Crippen molar-refractivity contribution in [2.45, 2.75) is 11.9 Å². The number of fused-ring (bicyclic) bond motifs is 1. The number of aromatic nitrogens is 1. The number of benzene rings is 2. The van der Waals surface area contributed by atoms with Gasteiger partial charge in [-0.15, -0.1) is 0 Å². The summed E-state index contributed by atoms with van der Waals surface area (Å²) in [4.78, 5) is 17.3. The summed E-state index contributed by atoms with van der Waals surface area (Å²) in [5.74, 6) is -0.515. The Balaban J connectivity index is 1.35.